The van der Waals surface area contributed by atoms with Crippen LogP contribution in [-0.4, -0.2) is 77.6 Å². The Bertz CT molecular complexity index is 868. The summed E-state index contributed by atoms with van der Waals surface area (Å²) in [5.74, 6) is 1.57. The van der Waals surface area contributed by atoms with Gasteiger partial charge in [-0.3, -0.25) is 9.69 Å². The van der Waals surface area contributed by atoms with Crippen LogP contribution in [0.4, 0.5) is 10.6 Å². The van der Waals surface area contributed by atoms with Gasteiger partial charge in [0.25, 0.3) is 0 Å². The van der Waals surface area contributed by atoms with E-state index in [1.165, 1.54) is 7.11 Å². The van der Waals surface area contributed by atoms with Crippen molar-refractivity contribution in [3.8, 4) is 11.4 Å². The molecule has 152 valence electrons. The molecular weight excluding hydrogens is 370 g/mol. The molecule has 1 aromatic heterocycles. The van der Waals surface area contributed by atoms with Crippen LogP contribution in [-0.2, 0) is 9.53 Å². The van der Waals surface area contributed by atoms with E-state index in [4.69, 9.17) is 9.72 Å². The number of benzene rings is 1. The molecule has 2 fully saturated rings. The summed E-state index contributed by atoms with van der Waals surface area (Å²) in [7, 11) is 1.35. The lowest BCUT2D eigenvalue weighted by atomic mass is 10.1. The fourth-order valence-electron chi connectivity index (χ4n) is 3.98. The maximum Gasteiger partial charge on any atom is 0.410 e. The summed E-state index contributed by atoms with van der Waals surface area (Å²) in [4.78, 5) is 39.5. The second kappa shape index (κ2) is 8.46. The predicted octanol–water partition coefficient (Wildman–Crippen LogP) is 2.02. The van der Waals surface area contributed by atoms with Crippen LogP contribution < -0.4 is 4.90 Å². The first kappa shape index (κ1) is 19.2. The summed E-state index contributed by atoms with van der Waals surface area (Å²) in [5, 5.41) is 0. The first-order valence-electron chi connectivity index (χ1n) is 9.94. The SMILES string of the molecule is COC(=O)N1CCC[C@@H]1C(=O)N1CCN(c2ccnc(-c3ccccc3)n2)CC1. The molecule has 0 N–H and O–H groups in total. The minimum absolute atomic E-state index is 0.0141. The summed E-state index contributed by atoms with van der Waals surface area (Å²) in [6.07, 6.45) is 2.87. The highest BCUT2D eigenvalue weighted by Crippen LogP contribution is 2.23. The quantitative estimate of drug-likeness (QED) is 0.791. The van der Waals surface area contributed by atoms with Gasteiger partial charge in [-0.15, -0.1) is 0 Å². The number of aromatic nitrogens is 2. The van der Waals surface area contributed by atoms with Gasteiger partial charge >= 0.3 is 6.09 Å². The zero-order valence-corrected chi connectivity index (χ0v) is 16.5. The zero-order valence-electron chi connectivity index (χ0n) is 16.5. The van der Waals surface area contributed by atoms with Gasteiger partial charge in [0.2, 0.25) is 5.91 Å². The van der Waals surface area contributed by atoms with Crippen LogP contribution in [0.25, 0.3) is 11.4 Å². The topological polar surface area (TPSA) is 78.9 Å². The highest BCUT2D eigenvalue weighted by Gasteiger charge is 2.38. The standard InChI is InChI=1S/C21H25N5O3/c1-29-21(28)26-11-5-8-17(26)20(27)25-14-12-24(13-15-25)18-9-10-22-19(23-18)16-6-3-2-4-7-16/h2-4,6-7,9-10,17H,5,8,11-15H2,1H3/t17-/m1/s1. The Balaban J connectivity index is 1.40. The molecule has 3 heterocycles. The van der Waals surface area contributed by atoms with Crippen LogP contribution >= 0.6 is 0 Å². The number of carbonyl (C=O) groups is 2. The molecule has 2 saturated heterocycles. The fourth-order valence-corrected chi connectivity index (χ4v) is 3.98. The lowest BCUT2D eigenvalue weighted by Crippen LogP contribution is -2.54. The van der Waals surface area contributed by atoms with Crippen LogP contribution in [0.5, 0.6) is 0 Å². The Morgan fingerprint density at radius 3 is 2.52 bits per heavy atom. The Labute approximate surface area is 170 Å². The number of piperazine rings is 1. The van der Waals surface area contributed by atoms with Gasteiger partial charge in [-0.25, -0.2) is 14.8 Å². The molecule has 2 aromatic rings. The summed E-state index contributed by atoms with van der Waals surface area (Å²) in [6, 6.07) is 11.4. The molecular formula is C21H25N5O3. The van der Waals surface area contributed by atoms with Crippen molar-refractivity contribution in [1.82, 2.24) is 19.8 Å². The molecule has 0 saturated carbocycles. The van der Waals surface area contributed by atoms with Crippen LogP contribution in [0.2, 0.25) is 0 Å². The van der Waals surface area contributed by atoms with Gasteiger partial charge in [0, 0.05) is 44.5 Å². The van der Waals surface area contributed by atoms with E-state index in [9.17, 15) is 9.59 Å². The van der Waals surface area contributed by atoms with Crippen LogP contribution in [0, 0.1) is 0 Å². The summed E-state index contributed by atoms with van der Waals surface area (Å²) in [6.45, 7) is 3.18. The molecule has 2 amide bonds. The normalized spacial score (nSPS) is 19.3. The van der Waals surface area contributed by atoms with Crippen LogP contribution in [0.1, 0.15) is 12.8 Å². The molecule has 8 nitrogen and oxygen atoms in total. The van der Waals surface area contributed by atoms with Gasteiger partial charge in [-0.2, -0.15) is 0 Å². The van der Waals surface area contributed by atoms with Gasteiger partial charge in [-0.05, 0) is 18.9 Å². The number of likely N-dealkylation sites (tertiary alicyclic amines) is 1. The third-order valence-electron chi connectivity index (χ3n) is 5.54. The first-order chi connectivity index (χ1) is 14.2. The van der Waals surface area contributed by atoms with Crippen LogP contribution in [0.3, 0.4) is 0 Å². The summed E-state index contributed by atoms with van der Waals surface area (Å²) in [5.41, 5.74) is 0.979. The lowest BCUT2D eigenvalue weighted by Gasteiger charge is -2.37. The monoisotopic (exact) mass is 395 g/mol. The van der Waals surface area contributed by atoms with Crippen molar-refractivity contribution in [3.63, 3.8) is 0 Å². The molecule has 0 bridgehead atoms. The third-order valence-corrected chi connectivity index (χ3v) is 5.54. The molecule has 8 heteroatoms. The van der Waals surface area contributed by atoms with Crippen molar-refractivity contribution in [2.75, 3.05) is 44.7 Å². The summed E-state index contributed by atoms with van der Waals surface area (Å²) < 4.78 is 4.82. The van der Waals surface area contributed by atoms with E-state index in [2.05, 4.69) is 9.88 Å². The van der Waals surface area contributed by atoms with Gasteiger partial charge < -0.3 is 14.5 Å². The van der Waals surface area contributed by atoms with Crippen LogP contribution in [0.15, 0.2) is 42.6 Å². The molecule has 2 aliphatic rings. The van der Waals surface area contributed by atoms with Crippen molar-refractivity contribution in [3.05, 3.63) is 42.6 Å². The van der Waals surface area contributed by atoms with Gasteiger partial charge in [0.05, 0.1) is 7.11 Å². The van der Waals surface area contributed by atoms with Crippen molar-refractivity contribution in [2.45, 2.75) is 18.9 Å². The van der Waals surface area contributed by atoms with E-state index in [1.807, 2.05) is 41.3 Å². The second-order valence-electron chi connectivity index (χ2n) is 7.24. The Kier molecular flexibility index (Phi) is 5.59. The molecule has 0 aliphatic carbocycles. The number of methoxy groups -OCH3 is 1. The number of amides is 2. The highest BCUT2D eigenvalue weighted by atomic mass is 16.5. The molecule has 29 heavy (non-hydrogen) atoms. The lowest BCUT2D eigenvalue weighted by molar-refractivity contribution is -0.135. The minimum Gasteiger partial charge on any atom is -0.453 e. The Morgan fingerprint density at radius 1 is 1.03 bits per heavy atom. The number of anilines is 1. The zero-order chi connectivity index (χ0) is 20.2. The molecule has 1 aromatic carbocycles. The van der Waals surface area contributed by atoms with E-state index in [0.717, 1.165) is 17.8 Å². The largest absolute Gasteiger partial charge is 0.453 e. The maximum absolute atomic E-state index is 12.9. The van der Waals surface area contributed by atoms with Crippen molar-refractivity contribution >= 4 is 17.8 Å². The molecule has 0 radical (unpaired) electrons. The molecule has 4 rings (SSSR count). The number of hydrogen-bond acceptors (Lipinski definition) is 6. The Morgan fingerprint density at radius 2 is 1.79 bits per heavy atom. The summed E-state index contributed by atoms with van der Waals surface area (Å²) >= 11 is 0. The average Bonchev–Trinajstić information content (AvgIpc) is 3.29. The van der Waals surface area contributed by atoms with E-state index in [0.29, 0.717) is 45.0 Å². The number of rotatable bonds is 3. The average molecular weight is 395 g/mol. The molecule has 2 aliphatic heterocycles. The van der Waals surface area contributed by atoms with E-state index in [-0.39, 0.29) is 5.91 Å². The second-order valence-corrected chi connectivity index (χ2v) is 7.24. The van der Waals surface area contributed by atoms with Crippen molar-refractivity contribution in [2.24, 2.45) is 0 Å². The van der Waals surface area contributed by atoms with E-state index in [1.54, 1.807) is 11.1 Å². The number of hydrogen-bond donors (Lipinski definition) is 0. The number of nitrogens with zero attached hydrogens (tertiary/aromatic N) is 5. The van der Waals surface area contributed by atoms with E-state index >= 15 is 0 Å². The molecule has 0 spiro atoms. The fraction of sp³-hybridized carbons (Fsp3) is 0.429. The van der Waals surface area contributed by atoms with Gasteiger partial charge in [0.1, 0.15) is 11.9 Å². The maximum atomic E-state index is 12.9. The first-order valence-corrected chi connectivity index (χ1v) is 9.94. The Hall–Kier alpha value is -3.16. The number of carbonyl (C=O) groups excluding carboxylic acids is 2. The van der Waals surface area contributed by atoms with Gasteiger partial charge in [-0.1, -0.05) is 30.3 Å². The molecule has 0 unspecified atom stereocenters. The predicted molar refractivity (Wildman–Crippen MR) is 108 cm³/mol. The minimum atomic E-state index is -0.422. The molecule has 1 atom stereocenters. The van der Waals surface area contributed by atoms with Crippen molar-refractivity contribution < 1.29 is 14.3 Å². The number of ether oxygens (including phenoxy) is 1. The van der Waals surface area contributed by atoms with Gasteiger partial charge in [0.15, 0.2) is 5.82 Å². The van der Waals surface area contributed by atoms with E-state index < -0.39 is 12.1 Å². The third kappa shape index (κ3) is 4.01. The van der Waals surface area contributed by atoms with Crippen molar-refractivity contribution in [1.29, 1.82) is 0 Å². The smallest absolute Gasteiger partial charge is 0.410 e. The highest BCUT2D eigenvalue weighted by molar-refractivity contribution is 5.86.